The summed E-state index contributed by atoms with van der Waals surface area (Å²) in [5, 5.41) is 16.0. The van der Waals surface area contributed by atoms with Crippen LogP contribution < -0.4 is 5.32 Å². The van der Waals surface area contributed by atoms with Gasteiger partial charge in [-0.25, -0.2) is 4.98 Å². The summed E-state index contributed by atoms with van der Waals surface area (Å²) in [6.07, 6.45) is 3.47. The van der Waals surface area contributed by atoms with Crippen molar-refractivity contribution in [1.29, 1.82) is 0 Å². The second-order valence-corrected chi connectivity index (χ2v) is 6.35. The first kappa shape index (κ1) is 14.7. The monoisotopic (exact) mass is 308 g/mol. The van der Waals surface area contributed by atoms with E-state index in [4.69, 9.17) is 9.15 Å². The highest BCUT2D eigenvalue weighted by Crippen LogP contribution is 2.29. The average Bonchev–Trinajstić information content (AvgIpc) is 3.19. The van der Waals surface area contributed by atoms with Crippen LogP contribution in [0.25, 0.3) is 10.8 Å². The smallest absolute Gasteiger partial charge is 0.162 e. The van der Waals surface area contributed by atoms with Gasteiger partial charge < -0.3 is 19.6 Å². The molecule has 1 saturated heterocycles. The van der Waals surface area contributed by atoms with Crippen molar-refractivity contribution in [2.24, 2.45) is 5.41 Å². The Labute approximate surface area is 128 Å². The Kier molecular flexibility index (Phi) is 4.70. The summed E-state index contributed by atoms with van der Waals surface area (Å²) in [6, 6.07) is 3.78. The third-order valence-corrected chi connectivity index (χ3v) is 4.88. The number of hydrogen-bond donors (Lipinski definition) is 2. The van der Waals surface area contributed by atoms with Gasteiger partial charge in [-0.2, -0.15) is 0 Å². The first-order valence-electron chi connectivity index (χ1n) is 7.19. The van der Waals surface area contributed by atoms with E-state index in [1.165, 1.54) is 0 Å². The largest absolute Gasteiger partial charge is 0.462 e. The van der Waals surface area contributed by atoms with E-state index in [0.29, 0.717) is 6.54 Å². The second-order valence-electron chi connectivity index (χ2n) is 5.50. The molecular weight excluding hydrogens is 288 g/mol. The Morgan fingerprint density at radius 1 is 1.38 bits per heavy atom. The van der Waals surface area contributed by atoms with Crippen molar-refractivity contribution >= 4 is 11.3 Å². The molecular formula is C15H20N2O3S. The first-order chi connectivity index (χ1) is 10.3. The molecule has 0 unspecified atom stereocenters. The molecule has 2 aromatic rings. The van der Waals surface area contributed by atoms with Crippen LogP contribution in [0.4, 0.5) is 0 Å². The van der Waals surface area contributed by atoms with Gasteiger partial charge in [0.25, 0.3) is 0 Å². The predicted octanol–water partition coefficient (Wildman–Crippen LogP) is 2.28. The molecule has 114 valence electrons. The maximum Gasteiger partial charge on any atom is 0.162 e. The zero-order valence-electron chi connectivity index (χ0n) is 11.9. The molecule has 5 nitrogen and oxygen atoms in total. The van der Waals surface area contributed by atoms with E-state index in [-0.39, 0.29) is 12.0 Å². The van der Waals surface area contributed by atoms with Crippen LogP contribution in [0, 0.1) is 5.41 Å². The molecule has 0 amide bonds. The molecule has 2 N–H and O–H groups in total. The van der Waals surface area contributed by atoms with E-state index in [1.807, 2.05) is 17.5 Å². The Hall–Kier alpha value is -1.21. The van der Waals surface area contributed by atoms with Crippen LogP contribution in [0.5, 0.6) is 0 Å². The maximum atomic E-state index is 9.65. The highest BCUT2D eigenvalue weighted by atomic mass is 32.1. The molecule has 0 atom stereocenters. The van der Waals surface area contributed by atoms with E-state index in [9.17, 15) is 5.11 Å². The van der Waals surface area contributed by atoms with Crippen molar-refractivity contribution < 1.29 is 14.3 Å². The SMILES string of the molecule is OCC1(CNCc2csc(-c3ccco3)n2)CCOCC1. The lowest BCUT2D eigenvalue weighted by molar-refractivity contribution is -0.0154. The van der Waals surface area contributed by atoms with Gasteiger partial charge in [-0.1, -0.05) is 0 Å². The molecule has 0 saturated carbocycles. The molecule has 21 heavy (non-hydrogen) atoms. The van der Waals surface area contributed by atoms with Crippen molar-refractivity contribution in [2.75, 3.05) is 26.4 Å². The fraction of sp³-hybridized carbons (Fsp3) is 0.533. The lowest BCUT2D eigenvalue weighted by Crippen LogP contribution is -2.41. The molecule has 0 spiro atoms. The third-order valence-electron chi connectivity index (χ3n) is 3.98. The van der Waals surface area contributed by atoms with Crippen molar-refractivity contribution in [3.63, 3.8) is 0 Å². The number of nitrogens with one attached hydrogen (secondary N) is 1. The minimum absolute atomic E-state index is 0.0435. The number of aliphatic hydroxyl groups excluding tert-OH is 1. The maximum absolute atomic E-state index is 9.65. The highest BCUT2D eigenvalue weighted by Gasteiger charge is 2.31. The van der Waals surface area contributed by atoms with Gasteiger partial charge >= 0.3 is 0 Å². The highest BCUT2D eigenvalue weighted by molar-refractivity contribution is 7.13. The predicted molar refractivity (Wildman–Crippen MR) is 81.1 cm³/mol. The Balaban J connectivity index is 1.53. The van der Waals surface area contributed by atoms with E-state index in [1.54, 1.807) is 17.6 Å². The van der Waals surface area contributed by atoms with Crippen LogP contribution in [-0.4, -0.2) is 36.5 Å². The van der Waals surface area contributed by atoms with Crippen LogP contribution in [0.2, 0.25) is 0 Å². The van der Waals surface area contributed by atoms with E-state index in [2.05, 4.69) is 10.3 Å². The molecule has 1 aliphatic rings. The number of thiazole rings is 1. The van der Waals surface area contributed by atoms with Gasteiger partial charge in [-0.15, -0.1) is 11.3 Å². The van der Waals surface area contributed by atoms with Crippen LogP contribution >= 0.6 is 11.3 Å². The molecule has 0 aromatic carbocycles. The molecule has 0 radical (unpaired) electrons. The summed E-state index contributed by atoms with van der Waals surface area (Å²) in [4.78, 5) is 4.56. The molecule has 1 fully saturated rings. The van der Waals surface area contributed by atoms with Gasteiger partial charge in [0.05, 0.1) is 18.6 Å². The van der Waals surface area contributed by atoms with Crippen LogP contribution in [0.3, 0.4) is 0 Å². The van der Waals surface area contributed by atoms with Gasteiger partial charge in [-0.05, 0) is 25.0 Å². The van der Waals surface area contributed by atoms with Crippen molar-refractivity contribution in [3.05, 3.63) is 29.5 Å². The standard InChI is InChI=1S/C15H20N2O3S/c18-11-15(3-6-19-7-4-15)10-16-8-12-9-21-14(17-12)13-2-1-5-20-13/h1-2,5,9,16,18H,3-4,6-8,10-11H2. The number of rotatable bonds is 6. The van der Waals surface area contributed by atoms with E-state index < -0.39 is 0 Å². The molecule has 6 heteroatoms. The Morgan fingerprint density at radius 3 is 2.95 bits per heavy atom. The van der Waals surface area contributed by atoms with Crippen LogP contribution in [-0.2, 0) is 11.3 Å². The quantitative estimate of drug-likeness (QED) is 0.857. The zero-order chi connectivity index (χ0) is 14.5. The minimum atomic E-state index is -0.0435. The van der Waals surface area contributed by atoms with Crippen molar-refractivity contribution in [2.45, 2.75) is 19.4 Å². The first-order valence-corrected chi connectivity index (χ1v) is 8.07. The summed E-state index contributed by atoms with van der Waals surface area (Å²) < 4.78 is 10.7. The van der Waals surface area contributed by atoms with Gasteiger partial charge in [0.1, 0.15) is 0 Å². The minimum Gasteiger partial charge on any atom is -0.462 e. The Bertz CT molecular complexity index is 547. The normalized spacial score (nSPS) is 18.0. The summed E-state index contributed by atoms with van der Waals surface area (Å²) >= 11 is 1.58. The van der Waals surface area contributed by atoms with Gasteiger partial charge in [-0.3, -0.25) is 0 Å². The average molecular weight is 308 g/mol. The fourth-order valence-electron chi connectivity index (χ4n) is 2.55. The number of furan rings is 1. The van der Waals surface area contributed by atoms with E-state index >= 15 is 0 Å². The number of aliphatic hydroxyl groups is 1. The van der Waals surface area contributed by atoms with Crippen LogP contribution in [0.15, 0.2) is 28.2 Å². The fourth-order valence-corrected chi connectivity index (χ4v) is 3.34. The summed E-state index contributed by atoms with van der Waals surface area (Å²) in [6.45, 7) is 3.18. The van der Waals surface area contributed by atoms with Gasteiger partial charge in [0.2, 0.25) is 0 Å². The summed E-state index contributed by atoms with van der Waals surface area (Å²) in [7, 11) is 0. The summed E-state index contributed by atoms with van der Waals surface area (Å²) in [5.74, 6) is 0.808. The summed E-state index contributed by atoms with van der Waals surface area (Å²) in [5.41, 5.74) is 0.963. The third kappa shape index (κ3) is 3.52. The lowest BCUT2D eigenvalue weighted by atomic mass is 9.81. The molecule has 1 aliphatic heterocycles. The molecule has 0 aliphatic carbocycles. The number of hydrogen-bond acceptors (Lipinski definition) is 6. The molecule has 0 bridgehead atoms. The van der Waals surface area contributed by atoms with Gasteiger partial charge in [0, 0.05) is 37.1 Å². The molecule has 3 heterocycles. The number of ether oxygens (including phenoxy) is 1. The zero-order valence-corrected chi connectivity index (χ0v) is 12.7. The Morgan fingerprint density at radius 2 is 2.24 bits per heavy atom. The van der Waals surface area contributed by atoms with Crippen molar-refractivity contribution in [3.8, 4) is 10.8 Å². The lowest BCUT2D eigenvalue weighted by Gasteiger charge is -2.35. The van der Waals surface area contributed by atoms with E-state index in [0.717, 1.165) is 49.1 Å². The topological polar surface area (TPSA) is 67.5 Å². The van der Waals surface area contributed by atoms with Crippen molar-refractivity contribution in [1.82, 2.24) is 10.3 Å². The number of aromatic nitrogens is 1. The molecule has 3 rings (SSSR count). The molecule has 2 aromatic heterocycles. The second kappa shape index (κ2) is 6.70. The van der Waals surface area contributed by atoms with Gasteiger partial charge in [0.15, 0.2) is 10.8 Å². The van der Waals surface area contributed by atoms with Crippen LogP contribution in [0.1, 0.15) is 18.5 Å². The number of nitrogens with zero attached hydrogens (tertiary/aromatic N) is 1.